The fourth-order valence-corrected chi connectivity index (χ4v) is 5.56. The Hall–Kier alpha value is -4.25. The van der Waals surface area contributed by atoms with E-state index >= 15 is 0 Å². The van der Waals surface area contributed by atoms with Crippen LogP contribution in [0.5, 0.6) is 0 Å². The molecule has 3 aromatic carbocycles. The van der Waals surface area contributed by atoms with Crippen LogP contribution in [0.15, 0.2) is 83.8 Å². The number of nitro groups is 1. The Bertz CT molecular complexity index is 1450. The molecule has 3 aromatic rings. The van der Waals surface area contributed by atoms with Gasteiger partial charge in [0.25, 0.3) is 15.7 Å². The molecule has 3 rings (SSSR count). The van der Waals surface area contributed by atoms with Gasteiger partial charge in [0, 0.05) is 25.2 Å². The number of carbonyl (C=O) groups is 2. The molecular weight excluding hydrogens is 532 g/mol. The summed E-state index contributed by atoms with van der Waals surface area (Å²) in [6.07, 6.45) is 1.66. The number of non-ortho nitro benzene ring substituents is 1. The summed E-state index contributed by atoms with van der Waals surface area (Å²) in [7, 11) is -4.31. The molecule has 10 nitrogen and oxygen atoms in total. The normalized spacial score (nSPS) is 11.9. The lowest BCUT2D eigenvalue weighted by atomic mass is 10.1. The van der Waals surface area contributed by atoms with Crippen molar-refractivity contribution in [3.8, 4) is 0 Å². The molecule has 2 amide bonds. The van der Waals surface area contributed by atoms with Crippen molar-refractivity contribution in [1.29, 1.82) is 0 Å². The first-order chi connectivity index (χ1) is 19.0. The zero-order valence-corrected chi connectivity index (χ0v) is 23.6. The maximum Gasteiger partial charge on any atom is 0.271 e. The Balaban J connectivity index is 2.03. The highest BCUT2D eigenvalue weighted by Crippen LogP contribution is 2.27. The minimum absolute atomic E-state index is 0.0399. The first kappa shape index (κ1) is 30.3. The van der Waals surface area contributed by atoms with Crippen LogP contribution in [0.25, 0.3) is 0 Å². The Morgan fingerprint density at radius 3 is 2.35 bits per heavy atom. The average Bonchev–Trinajstić information content (AvgIpc) is 2.94. The number of hydrogen-bond donors (Lipinski definition) is 1. The number of nitro benzene ring substituents is 1. The first-order valence-electron chi connectivity index (χ1n) is 13.0. The van der Waals surface area contributed by atoms with E-state index in [1.165, 1.54) is 35.2 Å². The van der Waals surface area contributed by atoms with Gasteiger partial charge in [0.2, 0.25) is 11.8 Å². The first-order valence-corrected chi connectivity index (χ1v) is 14.4. The molecule has 212 valence electrons. The van der Waals surface area contributed by atoms with E-state index in [2.05, 4.69) is 5.32 Å². The van der Waals surface area contributed by atoms with Crippen molar-refractivity contribution in [2.45, 2.75) is 51.1 Å². The lowest BCUT2D eigenvalue weighted by Gasteiger charge is -2.32. The summed E-state index contributed by atoms with van der Waals surface area (Å²) in [5, 5.41) is 14.3. The van der Waals surface area contributed by atoms with Gasteiger partial charge in [0.15, 0.2) is 0 Å². The van der Waals surface area contributed by atoms with E-state index in [4.69, 9.17) is 0 Å². The number of rotatable bonds is 13. The Labute approximate surface area is 234 Å². The molecule has 1 N–H and O–H groups in total. The lowest BCUT2D eigenvalue weighted by Crippen LogP contribution is -2.51. The summed E-state index contributed by atoms with van der Waals surface area (Å²) in [6, 6.07) is 19.2. The molecule has 0 heterocycles. The third-order valence-electron chi connectivity index (χ3n) is 6.37. The molecule has 0 aliphatic heterocycles. The highest BCUT2D eigenvalue weighted by Gasteiger charge is 2.33. The summed E-state index contributed by atoms with van der Waals surface area (Å²) >= 11 is 0. The number of amides is 2. The molecule has 11 heteroatoms. The topological polar surface area (TPSA) is 130 Å². The zero-order valence-electron chi connectivity index (χ0n) is 22.8. The average molecular weight is 567 g/mol. The van der Waals surface area contributed by atoms with E-state index in [-0.39, 0.29) is 28.7 Å². The van der Waals surface area contributed by atoms with E-state index in [9.17, 15) is 28.1 Å². The van der Waals surface area contributed by atoms with Crippen LogP contribution < -0.4 is 9.62 Å². The Morgan fingerprint density at radius 1 is 1.00 bits per heavy atom. The molecule has 0 saturated heterocycles. The quantitative estimate of drug-likeness (QED) is 0.185. The van der Waals surface area contributed by atoms with Gasteiger partial charge in [-0.05, 0) is 44.0 Å². The molecule has 0 radical (unpaired) electrons. The molecule has 0 aliphatic carbocycles. The number of benzene rings is 3. The van der Waals surface area contributed by atoms with Gasteiger partial charge >= 0.3 is 0 Å². The van der Waals surface area contributed by atoms with Crippen LogP contribution in [0, 0.1) is 17.0 Å². The lowest BCUT2D eigenvalue weighted by molar-refractivity contribution is -0.384. The highest BCUT2D eigenvalue weighted by molar-refractivity contribution is 7.92. The fourth-order valence-electron chi connectivity index (χ4n) is 4.14. The van der Waals surface area contributed by atoms with Crippen molar-refractivity contribution in [3.63, 3.8) is 0 Å². The van der Waals surface area contributed by atoms with E-state index < -0.39 is 33.4 Å². The van der Waals surface area contributed by atoms with Crippen molar-refractivity contribution < 1.29 is 22.9 Å². The SMILES string of the molecule is CCCCNC(=O)[C@H](C)N(Cc1cccc(C)c1)C(=O)CN(c1cccc([N+](=O)[O-])c1)S(=O)(=O)c1ccccc1. The summed E-state index contributed by atoms with van der Waals surface area (Å²) in [5.41, 5.74) is 1.38. The molecular formula is C29H34N4O6S. The van der Waals surface area contributed by atoms with Crippen molar-refractivity contribution in [2.24, 2.45) is 0 Å². The molecule has 0 fully saturated rings. The van der Waals surface area contributed by atoms with Crippen LogP contribution in [0.4, 0.5) is 11.4 Å². The van der Waals surface area contributed by atoms with Crippen LogP contribution in [0.2, 0.25) is 0 Å². The summed E-state index contributed by atoms with van der Waals surface area (Å²) in [4.78, 5) is 39.0. The third-order valence-corrected chi connectivity index (χ3v) is 8.16. The monoisotopic (exact) mass is 566 g/mol. The number of unbranched alkanes of at least 4 members (excludes halogenated alkanes) is 1. The predicted molar refractivity (Wildman–Crippen MR) is 153 cm³/mol. The number of sulfonamides is 1. The van der Waals surface area contributed by atoms with Gasteiger partial charge in [0.05, 0.1) is 15.5 Å². The van der Waals surface area contributed by atoms with E-state index in [0.717, 1.165) is 34.3 Å². The van der Waals surface area contributed by atoms with Gasteiger partial charge in [0.1, 0.15) is 12.6 Å². The Morgan fingerprint density at radius 2 is 1.70 bits per heavy atom. The van der Waals surface area contributed by atoms with E-state index in [0.29, 0.717) is 6.54 Å². The van der Waals surface area contributed by atoms with Crippen LogP contribution in [0.3, 0.4) is 0 Å². The molecule has 0 saturated carbocycles. The maximum absolute atomic E-state index is 13.9. The summed E-state index contributed by atoms with van der Waals surface area (Å²) < 4.78 is 28.4. The van der Waals surface area contributed by atoms with Crippen LogP contribution >= 0.6 is 0 Å². The van der Waals surface area contributed by atoms with Crippen molar-refractivity contribution >= 4 is 33.2 Å². The van der Waals surface area contributed by atoms with Crippen molar-refractivity contribution in [1.82, 2.24) is 10.2 Å². The smallest absolute Gasteiger partial charge is 0.271 e. The molecule has 0 aliphatic rings. The second-order valence-electron chi connectivity index (χ2n) is 9.43. The van der Waals surface area contributed by atoms with Crippen molar-refractivity contribution in [2.75, 3.05) is 17.4 Å². The van der Waals surface area contributed by atoms with Crippen LogP contribution in [0.1, 0.15) is 37.8 Å². The minimum Gasteiger partial charge on any atom is -0.354 e. The van der Waals surface area contributed by atoms with E-state index in [1.54, 1.807) is 25.1 Å². The van der Waals surface area contributed by atoms with Gasteiger partial charge in [-0.15, -0.1) is 0 Å². The highest BCUT2D eigenvalue weighted by atomic mass is 32.2. The molecule has 0 bridgehead atoms. The third kappa shape index (κ3) is 7.66. The van der Waals surface area contributed by atoms with E-state index in [1.807, 2.05) is 38.1 Å². The second-order valence-corrected chi connectivity index (χ2v) is 11.3. The minimum atomic E-state index is -4.31. The molecule has 0 unspecified atom stereocenters. The fraction of sp³-hybridized carbons (Fsp3) is 0.310. The van der Waals surface area contributed by atoms with Gasteiger partial charge < -0.3 is 10.2 Å². The summed E-state index contributed by atoms with van der Waals surface area (Å²) in [5.74, 6) is -0.993. The van der Waals surface area contributed by atoms with Gasteiger partial charge in [-0.25, -0.2) is 8.42 Å². The van der Waals surface area contributed by atoms with Gasteiger partial charge in [-0.1, -0.05) is 67.4 Å². The number of aryl methyl sites for hydroxylation is 1. The number of nitrogens with zero attached hydrogens (tertiary/aromatic N) is 3. The largest absolute Gasteiger partial charge is 0.354 e. The standard InChI is InChI=1S/C29H34N4O6S/c1-4-5-17-30-29(35)23(3)31(20-24-12-9-11-22(2)18-24)28(34)21-32(25-13-10-14-26(19-25)33(36)37)40(38,39)27-15-7-6-8-16-27/h6-16,18-19,23H,4-5,17,20-21H2,1-3H3,(H,30,35)/t23-/m0/s1. The summed E-state index contributed by atoms with van der Waals surface area (Å²) in [6.45, 7) is 5.35. The number of carbonyl (C=O) groups excluding carboxylic acids is 2. The molecule has 40 heavy (non-hydrogen) atoms. The number of nitrogens with one attached hydrogen (secondary N) is 1. The van der Waals surface area contributed by atoms with Gasteiger partial charge in [-0.3, -0.25) is 24.0 Å². The molecule has 1 atom stereocenters. The zero-order chi connectivity index (χ0) is 29.3. The van der Waals surface area contributed by atoms with Crippen LogP contribution in [-0.2, 0) is 26.2 Å². The van der Waals surface area contributed by atoms with Crippen LogP contribution in [-0.4, -0.2) is 49.2 Å². The van der Waals surface area contributed by atoms with Crippen molar-refractivity contribution in [3.05, 3.63) is 100 Å². The molecule has 0 spiro atoms. The second kappa shape index (κ2) is 13.7. The number of hydrogen-bond acceptors (Lipinski definition) is 6. The predicted octanol–water partition coefficient (Wildman–Crippen LogP) is 4.43. The molecule has 0 aromatic heterocycles. The van der Waals surface area contributed by atoms with Gasteiger partial charge in [-0.2, -0.15) is 0 Å². The Kier molecular flexibility index (Phi) is 10.4. The maximum atomic E-state index is 13.9. The number of anilines is 1.